The highest BCUT2D eigenvalue weighted by atomic mass is 16.5. The van der Waals surface area contributed by atoms with Gasteiger partial charge in [-0.1, -0.05) is 42.0 Å². The molecule has 0 saturated carbocycles. The van der Waals surface area contributed by atoms with Crippen LogP contribution in [0.2, 0.25) is 0 Å². The third kappa shape index (κ3) is 2.63. The molecule has 1 aliphatic rings. The van der Waals surface area contributed by atoms with Gasteiger partial charge in [-0.15, -0.1) is 0 Å². The van der Waals surface area contributed by atoms with Crippen molar-refractivity contribution in [2.75, 3.05) is 0 Å². The van der Waals surface area contributed by atoms with Gasteiger partial charge in [0.25, 0.3) is 0 Å². The van der Waals surface area contributed by atoms with E-state index in [1.165, 1.54) is 11.1 Å². The summed E-state index contributed by atoms with van der Waals surface area (Å²) >= 11 is 0. The number of benzene rings is 2. The molecule has 1 unspecified atom stereocenters. The second-order valence-electron chi connectivity index (χ2n) is 6.16. The molecule has 0 radical (unpaired) electrons. The van der Waals surface area contributed by atoms with E-state index in [9.17, 15) is 4.79 Å². The first-order chi connectivity index (χ1) is 11.2. The Morgan fingerprint density at radius 3 is 2.70 bits per heavy atom. The Hall–Kier alpha value is -2.55. The van der Waals surface area contributed by atoms with Crippen molar-refractivity contribution in [1.29, 1.82) is 0 Å². The normalized spacial score (nSPS) is 16.8. The Morgan fingerprint density at radius 1 is 1.09 bits per heavy atom. The summed E-state index contributed by atoms with van der Waals surface area (Å²) < 4.78 is 11.6. The van der Waals surface area contributed by atoms with Gasteiger partial charge in [-0.25, -0.2) is 4.79 Å². The van der Waals surface area contributed by atoms with Crippen LogP contribution in [-0.4, -0.2) is 6.10 Å². The van der Waals surface area contributed by atoms with Crippen molar-refractivity contribution >= 4 is 11.0 Å². The maximum absolute atomic E-state index is 12.1. The van der Waals surface area contributed by atoms with E-state index in [1.807, 2.05) is 24.3 Å². The second-order valence-corrected chi connectivity index (χ2v) is 6.16. The molecule has 1 aromatic heterocycles. The summed E-state index contributed by atoms with van der Waals surface area (Å²) in [6, 6.07) is 16.1. The van der Waals surface area contributed by atoms with E-state index < -0.39 is 0 Å². The number of hydrogen-bond acceptors (Lipinski definition) is 3. The van der Waals surface area contributed by atoms with Gasteiger partial charge in [-0.05, 0) is 37.5 Å². The van der Waals surface area contributed by atoms with Crippen LogP contribution < -0.4 is 10.4 Å². The Balaban J connectivity index is 1.68. The average molecular weight is 306 g/mol. The van der Waals surface area contributed by atoms with Crippen molar-refractivity contribution in [3.05, 3.63) is 75.6 Å². The van der Waals surface area contributed by atoms with Gasteiger partial charge in [0.1, 0.15) is 17.4 Å². The molecule has 0 fully saturated rings. The number of para-hydroxylation sites is 1. The van der Waals surface area contributed by atoms with Crippen LogP contribution in [-0.2, 0) is 12.8 Å². The van der Waals surface area contributed by atoms with E-state index in [-0.39, 0.29) is 11.7 Å². The Kier molecular flexibility index (Phi) is 3.41. The lowest BCUT2D eigenvalue weighted by atomic mass is 9.97. The first-order valence-corrected chi connectivity index (χ1v) is 7.97. The van der Waals surface area contributed by atoms with E-state index >= 15 is 0 Å². The zero-order chi connectivity index (χ0) is 15.8. The van der Waals surface area contributed by atoms with Crippen molar-refractivity contribution in [2.24, 2.45) is 0 Å². The third-order valence-corrected chi connectivity index (χ3v) is 4.44. The SMILES string of the molecule is Cc1ccc(CC2CCc3c(c4ccccc4oc3=O)O2)cc1. The molecule has 3 aromatic rings. The Bertz CT molecular complexity index is 906. The van der Waals surface area contributed by atoms with E-state index in [1.54, 1.807) is 0 Å². The summed E-state index contributed by atoms with van der Waals surface area (Å²) in [7, 11) is 0. The van der Waals surface area contributed by atoms with Gasteiger partial charge in [0.15, 0.2) is 0 Å². The largest absolute Gasteiger partial charge is 0.489 e. The number of fused-ring (bicyclic) bond motifs is 3. The van der Waals surface area contributed by atoms with Crippen molar-refractivity contribution in [1.82, 2.24) is 0 Å². The molecule has 4 rings (SSSR count). The van der Waals surface area contributed by atoms with Crippen LogP contribution in [0.1, 0.15) is 23.1 Å². The summed E-state index contributed by atoms with van der Waals surface area (Å²) in [5, 5.41) is 0.885. The molecule has 116 valence electrons. The fourth-order valence-corrected chi connectivity index (χ4v) is 3.17. The van der Waals surface area contributed by atoms with Gasteiger partial charge >= 0.3 is 5.63 Å². The van der Waals surface area contributed by atoms with Gasteiger partial charge in [0, 0.05) is 6.42 Å². The van der Waals surface area contributed by atoms with E-state index in [4.69, 9.17) is 9.15 Å². The number of ether oxygens (including phenoxy) is 1. The smallest absolute Gasteiger partial charge is 0.343 e. The molecule has 0 saturated heterocycles. The molecule has 2 heterocycles. The topological polar surface area (TPSA) is 39.4 Å². The maximum atomic E-state index is 12.1. The van der Waals surface area contributed by atoms with Crippen LogP contribution >= 0.6 is 0 Å². The van der Waals surface area contributed by atoms with Crippen molar-refractivity contribution in [3.63, 3.8) is 0 Å². The van der Waals surface area contributed by atoms with Crippen LogP contribution in [0.5, 0.6) is 5.75 Å². The molecule has 2 aromatic carbocycles. The summed E-state index contributed by atoms with van der Waals surface area (Å²) in [5.41, 5.74) is 3.51. The van der Waals surface area contributed by atoms with Crippen molar-refractivity contribution < 1.29 is 9.15 Å². The van der Waals surface area contributed by atoms with Gasteiger partial charge in [0.05, 0.1) is 10.9 Å². The average Bonchev–Trinajstić information content (AvgIpc) is 2.57. The lowest BCUT2D eigenvalue weighted by Gasteiger charge is -2.26. The molecular formula is C20H18O3. The monoisotopic (exact) mass is 306 g/mol. The third-order valence-electron chi connectivity index (χ3n) is 4.44. The minimum absolute atomic E-state index is 0.0930. The first-order valence-electron chi connectivity index (χ1n) is 7.97. The zero-order valence-electron chi connectivity index (χ0n) is 13.0. The molecule has 0 N–H and O–H groups in total. The predicted molar refractivity (Wildman–Crippen MR) is 90.1 cm³/mol. The Labute approximate surface area is 134 Å². The second kappa shape index (κ2) is 5.58. The summed E-state index contributed by atoms with van der Waals surface area (Å²) in [5.74, 6) is 0.709. The number of rotatable bonds is 2. The molecule has 1 atom stereocenters. The highest BCUT2D eigenvalue weighted by Crippen LogP contribution is 2.33. The first kappa shape index (κ1) is 14.1. The Morgan fingerprint density at radius 2 is 1.87 bits per heavy atom. The molecule has 0 spiro atoms. The fraction of sp³-hybridized carbons (Fsp3) is 0.250. The molecule has 23 heavy (non-hydrogen) atoms. The van der Waals surface area contributed by atoms with Crippen LogP contribution in [0.25, 0.3) is 11.0 Å². The highest BCUT2D eigenvalue weighted by Gasteiger charge is 2.25. The summed E-state index contributed by atoms with van der Waals surface area (Å²) in [6.45, 7) is 2.09. The van der Waals surface area contributed by atoms with E-state index in [2.05, 4.69) is 31.2 Å². The lowest BCUT2D eigenvalue weighted by molar-refractivity contribution is 0.174. The van der Waals surface area contributed by atoms with Crippen LogP contribution in [0.15, 0.2) is 57.7 Å². The number of aryl methyl sites for hydroxylation is 1. The molecule has 3 nitrogen and oxygen atoms in total. The van der Waals surface area contributed by atoms with Gasteiger partial charge in [-0.3, -0.25) is 0 Å². The maximum Gasteiger partial charge on any atom is 0.343 e. The zero-order valence-corrected chi connectivity index (χ0v) is 13.0. The number of hydrogen-bond donors (Lipinski definition) is 0. The summed E-state index contributed by atoms with van der Waals surface area (Å²) in [4.78, 5) is 12.1. The van der Waals surface area contributed by atoms with Crippen LogP contribution in [0.4, 0.5) is 0 Å². The van der Waals surface area contributed by atoms with E-state index in [0.29, 0.717) is 23.3 Å². The molecule has 0 bridgehead atoms. The van der Waals surface area contributed by atoms with E-state index in [0.717, 1.165) is 18.2 Å². The van der Waals surface area contributed by atoms with Crippen LogP contribution in [0.3, 0.4) is 0 Å². The lowest BCUT2D eigenvalue weighted by Crippen LogP contribution is -2.28. The quantitative estimate of drug-likeness (QED) is 0.671. The molecule has 0 amide bonds. The molecular weight excluding hydrogens is 288 g/mol. The van der Waals surface area contributed by atoms with Crippen LogP contribution in [0, 0.1) is 6.92 Å². The standard InChI is InChI=1S/C20H18O3/c1-13-6-8-14(9-7-13)12-15-10-11-17-19(22-15)16-4-2-3-5-18(16)23-20(17)21/h2-9,15H,10-12H2,1H3. The van der Waals surface area contributed by atoms with Gasteiger partial charge in [-0.2, -0.15) is 0 Å². The molecule has 1 aliphatic heterocycles. The van der Waals surface area contributed by atoms with Crippen molar-refractivity contribution in [2.45, 2.75) is 32.3 Å². The summed E-state index contributed by atoms with van der Waals surface area (Å²) in [6.07, 6.45) is 2.49. The predicted octanol–water partition coefficient (Wildman–Crippen LogP) is 4.04. The fourth-order valence-electron chi connectivity index (χ4n) is 3.17. The molecule has 3 heteroatoms. The molecule has 0 aliphatic carbocycles. The van der Waals surface area contributed by atoms with Gasteiger partial charge < -0.3 is 9.15 Å². The highest BCUT2D eigenvalue weighted by molar-refractivity contribution is 5.84. The minimum atomic E-state index is -0.271. The minimum Gasteiger partial charge on any atom is -0.489 e. The van der Waals surface area contributed by atoms with Gasteiger partial charge in [0.2, 0.25) is 0 Å². The van der Waals surface area contributed by atoms with Crippen molar-refractivity contribution in [3.8, 4) is 5.75 Å².